The van der Waals surface area contributed by atoms with E-state index in [9.17, 15) is 14.7 Å². The zero-order valence-electron chi connectivity index (χ0n) is 10.7. The highest BCUT2D eigenvalue weighted by Gasteiger charge is 2.21. The van der Waals surface area contributed by atoms with E-state index in [0.29, 0.717) is 19.5 Å². The maximum absolute atomic E-state index is 11.8. The second-order valence-corrected chi connectivity index (χ2v) is 4.75. The van der Waals surface area contributed by atoms with E-state index < -0.39 is 6.10 Å². The summed E-state index contributed by atoms with van der Waals surface area (Å²) in [7, 11) is 1.65. The molecule has 98 valence electrons. The van der Waals surface area contributed by atoms with Crippen LogP contribution in [0.1, 0.15) is 32.6 Å². The van der Waals surface area contributed by atoms with Gasteiger partial charge < -0.3 is 14.9 Å². The first-order chi connectivity index (χ1) is 8.00. The van der Waals surface area contributed by atoms with Gasteiger partial charge in [-0.05, 0) is 19.8 Å². The molecule has 0 aromatic carbocycles. The number of carbonyl (C=O) groups is 2. The molecular weight excluding hydrogens is 220 g/mol. The van der Waals surface area contributed by atoms with E-state index in [-0.39, 0.29) is 18.4 Å². The van der Waals surface area contributed by atoms with Crippen molar-refractivity contribution in [2.45, 2.75) is 38.7 Å². The van der Waals surface area contributed by atoms with E-state index in [1.807, 2.05) is 0 Å². The summed E-state index contributed by atoms with van der Waals surface area (Å²) in [6, 6.07) is 0. The third-order valence-electron chi connectivity index (χ3n) is 2.96. The lowest BCUT2D eigenvalue weighted by Gasteiger charge is -2.24. The molecule has 1 N–H and O–H groups in total. The summed E-state index contributed by atoms with van der Waals surface area (Å²) in [5.74, 6) is -0.0394. The molecule has 0 radical (unpaired) electrons. The van der Waals surface area contributed by atoms with E-state index in [2.05, 4.69) is 0 Å². The van der Waals surface area contributed by atoms with Gasteiger partial charge in [0.1, 0.15) is 0 Å². The Kier molecular flexibility index (Phi) is 5.41. The van der Waals surface area contributed by atoms with Crippen LogP contribution in [0.5, 0.6) is 0 Å². The van der Waals surface area contributed by atoms with Crippen LogP contribution >= 0.6 is 0 Å². The van der Waals surface area contributed by atoms with Gasteiger partial charge in [0, 0.05) is 26.6 Å². The normalized spacial score (nSPS) is 18.8. The Bertz CT molecular complexity index is 279. The predicted octanol–water partition coefficient (Wildman–Crippen LogP) is 0.228. The number of aliphatic hydroxyl groups excluding tert-OH is 1. The van der Waals surface area contributed by atoms with Crippen molar-refractivity contribution in [1.29, 1.82) is 0 Å². The first kappa shape index (κ1) is 14.0. The molecule has 1 aliphatic rings. The molecule has 1 heterocycles. The number of hydrogen-bond donors (Lipinski definition) is 1. The van der Waals surface area contributed by atoms with Crippen molar-refractivity contribution in [2.24, 2.45) is 0 Å². The van der Waals surface area contributed by atoms with Crippen LogP contribution in [0.15, 0.2) is 0 Å². The Morgan fingerprint density at radius 1 is 1.47 bits per heavy atom. The van der Waals surface area contributed by atoms with Gasteiger partial charge in [-0.1, -0.05) is 6.42 Å². The second kappa shape index (κ2) is 6.59. The van der Waals surface area contributed by atoms with Crippen molar-refractivity contribution in [3.05, 3.63) is 0 Å². The first-order valence-corrected chi connectivity index (χ1v) is 6.20. The van der Waals surface area contributed by atoms with Gasteiger partial charge >= 0.3 is 0 Å². The number of nitrogens with zero attached hydrogens (tertiary/aromatic N) is 2. The van der Waals surface area contributed by atoms with Crippen molar-refractivity contribution in [3.8, 4) is 0 Å². The number of hydrogen-bond acceptors (Lipinski definition) is 3. The van der Waals surface area contributed by atoms with Gasteiger partial charge in [0.15, 0.2) is 0 Å². The van der Waals surface area contributed by atoms with Crippen LogP contribution in [0.4, 0.5) is 0 Å². The standard InChI is InChI=1S/C12H22N2O3/c1-10(15)8-13(2)12(17)9-14-7-5-3-4-6-11(14)16/h10,15H,3-9H2,1-2H3. The highest BCUT2D eigenvalue weighted by molar-refractivity contribution is 5.84. The van der Waals surface area contributed by atoms with E-state index in [4.69, 9.17) is 0 Å². The van der Waals surface area contributed by atoms with Gasteiger partial charge in [-0.3, -0.25) is 9.59 Å². The van der Waals surface area contributed by atoms with Crippen LogP contribution in [0.25, 0.3) is 0 Å². The smallest absolute Gasteiger partial charge is 0.242 e. The van der Waals surface area contributed by atoms with Crippen molar-refractivity contribution >= 4 is 11.8 Å². The summed E-state index contributed by atoms with van der Waals surface area (Å²) < 4.78 is 0. The number of likely N-dealkylation sites (N-methyl/N-ethyl adjacent to an activating group) is 1. The number of amides is 2. The van der Waals surface area contributed by atoms with E-state index in [1.54, 1.807) is 18.9 Å². The van der Waals surface area contributed by atoms with Gasteiger partial charge in [0.2, 0.25) is 11.8 Å². The van der Waals surface area contributed by atoms with Gasteiger partial charge in [-0.25, -0.2) is 0 Å². The molecule has 5 heteroatoms. The average Bonchev–Trinajstić information content (AvgIpc) is 2.43. The molecule has 2 amide bonds. The molecule has 5 nitrogen and oxygen atoms in total. The van der Waals surface area contributed by atoms with Crippen LogP contribution < -0.4 is 0 Å². The maximum Gasteiger partial charge on any atom is 0.242 e. The Hall–Kier alpha value is -1.10. The molecule has 17 heavy (non-hydrogen) atoms. The molecule has 1 aliphatic heterocycles. The third-order valence-corrected chi connectivity index (χ3v) is 2.96. The second-order valence-electron chi connectivity index (χ2n) is 4.75. The van der Waals surface area contributed by atoms with Crippen LogP contribution in [-0.4, -0.2) is 59.5 Å². The molecule has 0 saturated carbocycles. The van der Waals surface area contributed by atoms with Crippen LogP contribution in [0.2, 0.25) is 0 Å². The fourth-order valence-corrected chi connectivity index (χ4v) is 1.99. The highest BCUT2D eigenvalue weighted by Crippen LogP contribution is 2.11. The quantitative estimate of drug-likeness (QED) is 0.767. The monoisotopic (exact) mass is 242 g/mol. The molecule has 1 fully saturated rings. The summed E-state index contributed by atoms with van der Waals surface area (Å²) >= 11 is 0. The van der Waals surface area contributed by atoms with Gasteiger partial charge in [0.05, 0.1) is 12.6 Å². The lowest BCUT2D eigenvalue weighted by molar-refractivity contribution is -0.140. The van der Waals surface area contributed by atoms with Gasteiger partial charge in [-0.15, -0.1) is 0 Å². The molecule has 0 aliphatic carbocycles. The molecule has 1 atom stereocenters. The molecule has 0 spiro atoms. The largest absolute Gasteiger partial charge is 0.392 e. The Morgan fingerprint density at radius 2 is 2.18 bits per heavy atom. The molecule has 0 aromatic rings. The van der Waals surface area contributed by atoms with Crippen LogP contribution in [-0.2, 0) is 9.59 Å². The number of aliphatic hydroxyl groups is 1. The third kappa shape index (κ3) is 4.73. The van der Waals surface area contributed by atoms with E-state index in [0.717, 1.165) is 19.3 Å². The SMILES string of the molecule is CC(O)CN(C)C(=O)CN1CCCCCC1=O. The van der Waals surface area contributed by atoms with Crippen molar-refractivity contribution in [3.63, 3.8) is 0 Å². The molecular formula is C12H22N2O3. The van der Waals surface area contributed by atoms with Gasteiger partial charge in [-0.2, -0.15) is 0 Å². The number of rotatable bonds is 4. The topological polar surface area (TPSA) is 60.9 Å². The minimum Gasteiger partial charge on any atom is -0.392 e. The summed E-state index contributed by atoms with van der Waals surface area (Å²) in [5, 5.41) is 9.20. The van der Waals surface area contributed by atoms with Crippen molar-refractivity contribution in [1.82, 2.24) is 9.80 Å². The number of carbonyl (C=O) groups excluding carboxylic acids is 2. The fraction of sp³-hybridized carbons (Fsp3) is 0.833. The Labute approximate surface area is 102 Å². The zero-order valence-corrected chi connectivity index (χ0v) is 10.7. The van der Waals surface area contributed by atoms with E-state index in [1.165, 1.54) is 4.90 Å². The molecule has 0 aromatic heterocycles. The van der Waals surface area contributed by atoms with Crippen LogP contribution in [0, 0.1) is 0 Å². The molecule has 0 bridgehead atoms. The van der Waals surface area contributed by atoms with Crippen LogP contribution in [0.3, 0.4) is 0 Å². The Balaban J connectivity index is 2.45. The molecule has 1 unspecified atom stereocenters. The minimum atomic E-state index is -0.538. The molecule has 1 rings (SSSR count). The van der Waals surface area contributed by atoms with Crippen molar-refractivity contribution in [2.75, 3.05) is 26.7 Å². The molecule has 1 saturated heterocycles. The minimum absolute atomic E-state index is 0.0706. The fourth-order valence-electron chi connectivity index (χ4n) is 1.99. The number of likely N-dealkylation sites (tertiary alicyclic amines) is 1. The lowest BCUT2D eigenvalue weighted by atomic mass is 10.2. The summed E-state index contributed by atoms with van der Waals surface area (Å²) in [6.07, 6.45) is 2.96. The first-order valence-electron chi connectivity index (χ1n) is 6.20. The predicted molar refractivity (Wildman–Crippen MR) is 64.4 cm³/mol. The average molecular weight is 242 g/mol. The lowest BCUT2D eigenvalue weighted by Crippen LogP contribution is -2.43. The summed E-state index contributed by atoms with van der Waals surface area (Å²) in [6.45, 7) is 2.76. The summed E-state index contributed by atoms with van der Waals surface area (Å²) in [5.41, 5.74) is 0. The van der Waals surface area contributed by atoms with E-state index >= 15 is 0 Å². The Morgan fingerprint density at radius 3 is 2.82 bits per heavy atom. The zero-order chi connectivity index (χ0) is 12.8. The maximum atomic E-state index is 11.8. The highest BCUT2D eigenvalue weighted by atomic mass is 16.3. The van der Waals surface area contributed by atoms with Crippen molar-refractivity contribution < 1.29 is 14.7 Å². The summed E-state index contributed by atoms with van der Waals surface area (Å²) in [4.78, 5) is 26.6. The van der Waals surface area contributed by atoms with Gasteiger partial charge in [0.25, 0.3) is 0 Å².